The van der Waals surface area contributed by atoms with Crippen LogP contribution in [0.1, 0.15) is 41.3 Å². The van der Waals surface area contributed by atoms with E-state index < -0.39 is 41.0 Å². The van der Waals surface area contributed by atoms with Crippen LogP contribution in [0, 0.1) is 11.3 Å². The fourth-order valence-corrected chi connectivity index (χ4v) is 3.18. The largest absolute Gasteiger partial charge is 0.416 e. The van der Waals surface area contributed by atoms with E-state index in [1.807, 2.05) is 0 Å². The summed E-state index contributed by atoms with van der Waals surface area (Å²) in [4.78, 5) is 26.2. The highest BCUT2D eigenvalue weighted by atomic mass is 19.4. The maximum Gasteiger partial charge on any atom is 0.416 e. The highest BCUT2D eigenvalue weighted by Crippen LogP contribution is 2.37. The minimum atomic E-state index is -5.08. The smallest absolute Gasteiger partial charge is 0.328 e. The Morgan fingerprint density at radius 1 is 1.15 bits per heavy atom. The van der Waals surface area contributed by atoms with Gasteiger partial charge in [-0.1, -0.05) is 0 Å². The lowest BCUT2D eigenvalue weighted by Crippen LogP contribution is -2.47. The Morgan fingerprint density at radius 2 is 1.71 bits per heavy atom. The molecular weight excluding hydrogens is 466 g/mol. The van der Waals surface area contributed by atoms with Gasteiger partial charge in [0.2, 0.25) is 5.95 Å². The van der Waals surface area contributed by atoms with Crippen LogP contribution < -0.4 is 5.32 Å². The molecule has 13 heteroatoms. The van der Waals surface area contributed by atoms with Crippen LogP contribution in [0.2, 0.25) is 0 Å². The van der Waals surface area contributed by atoms with Gasteiger partial charge in [0.05, 0.1) is 17.2 Å². The monoisotopic (exact) mass is 486 g/mol. The van der Waals surface area contributed by atoms with Gasteiger partial charge >= 0.3 is 12.4 Å². The number of halogens is 6. The number of aromatic nitrogens is 2. The summed E-state index contributed by atoms with van der Waals surface area (Å²) in [6.45, 7) is 1.59. The predicted octanol–water partition coefficient (Wildman–Crippen LogP) is 4.87. The molecule has 1 heterocycles. The molecule has 1 aromatic carbocycles. The molecule has 3 rings (SSSR count). The van der Waals surface area contributed by atoms with Crippen molar-refractivity contribution in [3.8, 4) is 0 Å². The van der Waals surface area contributed by atoms with Crippen molar-refractivity contribution in [1.29, 1.82) is 5.41 Å². The van der Waals surface area contributed by atoms with E-state index in [9.17, 15) is 31.1 Å². The van der Waals surface area contributed by atoms with Crippen LogP contribution in [-0.4, -0.2) is 45.5 Å². The third kappa shape index (κ3) is 6.29. The van der Waals surface area contributed by atoms with Gasteiger partial charge < -0.3 is 10.2 Å². The zero-order valence-electron chi connectivity index (χ0n) is 17.8. The topological polar surface area (TPSA) is 94.3 Å². The van der Waals surface area contributed by atoms with Gasteiger partial charge in [-0.2, -0.15) is 26.3 Å². The summed E-state index contributed by atoms with van der Waals surface area (Å²) < 4.78 is 79.7. The van der Waals surface area contributed by atoms with Crippen LogP contribution in [0.5, 0.6) is 0 Å². The van der Waals surface area contributed by atoms with E-state index in [1.165, 1.54) is 19.3 Å². The average Bonchev–Trinajstić information content (AvgIpc) is 3.60. The number of nitrogens with zero attached hydrogens (tertiary/aromatic N) is 4. The van der Waals surface area contributed by atoms with E-state index in [-0.39, 0.29) is 30.3 Å². The Hall–Kier alpha value is -3.51. The van der Waals surface area contributed by atoms with Gasteiger partial charge in [0.1, 0.15) is 12.2 Å². The zero-order valence-corrected chi connectivity index (χ0v) is 17.8. The molecule has 1 aliphatic rings. The molecule has 2 aromatic rings. The highest BCUT2D eigenvalue weighted by Gasteiger charge is 2.39. The molecule has 1 fully saturated rings. The molecule has 0 saturated heterocycles. The highest BCUT2D eigenvalue weighted by molar-refractivity contribution is 6.05. The van der Waals surface area contributed by atoms with Crippen LogP contribution in [0.3, 0.4) is 0 Å². The summed E-state index contributed by atoms with van der Waals surface area (Å²) in [5.41, 5.74) is -3.90. The maximum absolute atomic E-state index is 13.3. The number of nitrogens with one attached hydrogen (secondary N) is 2. The number of carbonyl (C=O) groups excluding carboxylic acids is 1. The molecule has 7 nitrogen and oxygen atoms in total. The summed E-state index contributed by atoms with van der Waals surface area (Å²) in [5, 5.41) is 10.1. The average molecular weight is 486 g/mol. The third-order valence-corrected chi connectivity index (χ3v) is 5.12. The van der Waals surface area contributed by atoms with Crippen LogP contribution in [0.25, 0.3) is 0 Å². The van der Waals surface area contributed by atoms with Gasteiger partial charge in [-0.25, -0.2) is 15.0 Å². The van der Waals surface area contributed by atoms with Crippen LogP contribution in [0.15, 0.2) is 41.7 Å². The molecule has 182 valence electrons. The first-order valence-corrected chi connectivity index (χ1v) is 10.1. The molecular formula is C21H20F6N6O. The predicted molar refractivity (Wildman–Crippen MR) is 112 cm³/mol. The molecule has 0 radical (unpaired) electrons. The quantitative estimate of drug-likeness (QED) is 0.332. The van der Waals surface area contributed by atoms with E-state index in [1.54, 1.807) is 6.07 Å². The first-order valence-electron chi connectivity index (χ1n) is 10.1. The lowest BCUT2D eigenvalue weighted by Gasteiger charge is -2.31. The summed E-state index contributed by atoms with van der Waals surface area (Å²) in [7, 11) is 0. The van der Waals surface area contributed by atoms with Crippen molar-refractivity contribution in [3.05, 3.63) is 53.3 Å². The molecule has 0 aliphatic heterocycles. The lowest BCUT2D eigenvalue weighted by atomic mass is 10.0. The zero-order chi connectivity index (χ0) is 25.1. The summed E-state index contributed by atoms with van der Waals surface area (Å²) in [5.74, 6) is -0.858. The first-order chi connectivity index (χ1) is 15.9. The Labute approximate surface area is 190 Å². The number of amidine groups is 1. The number of hydrogen-bond acceptors (Lipinski definition) is 4. The van der Waals surface area contributed by atoms with Gasteiger partial charge in [-0.15, -0.1) is 0 Å². The Kier molecular flexibility index (Phi) is 7.22. The number of rotatable bonds is 7. The van der Waals surface area contributed by atoms with E-state index in [2.05, 4.69) is 20.3 Å². The number of anilines is 1. The fraction of sp³-hybridized carbons (Fsp3) is 0.381. The summed E-state index contributed by atoms with van der Waals surface area (Å²) >= 11 is 0. The SMILES string of the molecule is CC(/C(=N/C=N)Nc1ncccn1)N(CC1CC1)C(=O)c1cc(C(F)(F)F)cc(C(F)(F)F)c1. The van der Waals surface area contributed by atoms with E-state index in [4.69, 9.17) is 5.41 Å². The fourth-order valence-electron chi connectivity index (χ4n) is 3.18. The number of aliphatic imine (C=N–C) groups is 1. The molecule has 34 heavy (non-hydrogen) atoms. The molecule has 0 bridgehead atoms. The van der Waals surface area contributed by atoms with Gasteiger partial charge in [0, 0.05) is 24.5 Å². The van der Waals surface area contributed by atoms with E-state index in [0.29, 0.717) is 18.5 Å². The molecule has 1 aromatic heterocycles. The Morgan fingerprint density at radius 3 is 2.18 bits per heavy atom. The minimum absolute atomic E-state index is 0.0261. The molecule has 1 amide bonds. The molecule has 1 saturated carbocycles. The van der Waals surface area contributed by atoms with Crippen LogP contribution in [-0.2, 0) is 12.4 Å². The van der Waals surface area contributed by atoms with Crippen molar-refractivity contribution in [1.82, 2.24) is 14.9 Å². The Balaban J connectivity index is 2.01. The Bertz CT molecular complexity index is 1030. The van der Waals surface area contributed by atoms with Crippen molar-refractivity contribution in [2.24, 2.45) is 10.9 Å². The maximum atomic E-state index is 13.3. The molecule has 1 atom stereocenters. The van der Waals surface area contributed by atoms with Crippen molar-refractivity contribution in [3.63, 3.8) is 0 Å². The van der Waals surface area contributed by atoms with Crippen molar-refractivity contribution in [2.75, 3.05) is 11.9 Å². The number of amides is 1. The van der Waals surface area contributed by atoms with E-state index >= 15 is 0 Å². The molecule has 0 spiro atoms. The number of hydrogen-bond donors (Lipinski definition) is 2. The van der Waals surface area contributed by atoms with Crippen LogP contribution >= 0.6 is 0 Å². The van der Waals surface area contributed by atoms with Crippen LogP contribution in [0.4, 0.5) is 32.3 Å². The lowest BCUT2D eigenvalue weighted by molar-refractivity contribution is -0.143. The molecule has 2 N–H and O–H groups in total. The van der Waals surface area contributed by atoms with Gasteiger partial charge in [0.25, 0.3) is 5.91 Å². The minimum Gasteiger partial charge on any atom is -0.328 e. The number of benzene rings is 1. The van der Waals surface area contributed by atoms with E-state index in [0.717, 1.165) is 17.7 Å². The van der Waals surface area contributed by atoms with Gasteiger partial charge in [-0.05, 0) is 49.9 Å². The van der Waals surface area contributed by atoms with Gasteiger partial charge in [-0.3, -0.25) is 10.2 Å². The summed E-state index contributed by atoms with van der Waals surface area (Å²) in [6.07, 6.45) is -5.09. The second kappa shape index (κ2) is 9.77. The van der Waals surface area contributed by atoms with Crippen molar-refractivity contribution < 1.29 is 31.1 Å². The molecule has 1 aliphatic carbocycles. The number of carbonyl (C=O) groups is 1. The second-order valence-electron chi connectivity index (χ2n) is 7.71. The van der Waals surface area contributed by atoms with Gasteiger partial charge in [0.15, 0.2) is 0 Å². The normalized spacial score (nSPS) is 15.6. The first kappa shape index (κ1) is 25.1. The summed E-state index contributed by atoms with van der Waals surface area (Å²) in [6, 6.07) is 1.40. The third-order valence-electron chi connectivity index (χ3n) is 5.12. The van der Waals surface area contributed by atoms with Crippen molar-refractivity contribution in [2.45, 2.75) is 38.2 Å². The standard InChI is InChI=1S/C21H20F6N6O/c1-12(17(31-11-28)32-19-29-5-2-6-30-19)33(10-13-3-4-13)18(34)14-7-15(20(22,23)24)9-16(8-14)21(25,26)27/h2,5-9,11-13H,3-4,10H2,1H3,(H2,28,29,30,31,32). The number of alkyl halides is 6. The van der Waals surface area contributed by atoms with Crippen molar-refractivity contribution >= 4 is 24.0 Å². The second-order valence-corrected chi connectivity index (χ2v) is 7.71. The molecule has 1 unspecified atom stereocenters.